The molecule has 2 N–H and O–H groups in total. The number of benzene rings is 1. The van der Waals surface area contributed by atoms with Gasteiger partial charge in [0.2, 0.25) is 0 Å². The fraction of sp³-hybridized carbons (Fsp3) is 0.267. The first-order valence-electron chi connectivity index (χ1n) is 6.61. The molecule has 22 heavy (non-hydrogen) atoms. The van der Waals surface area contributed by atoms with E-state index in [-0.39, 0.29) is 30.3 Å². The molecule has 2 rings (SSSR count). The normalized spacial score (nSPS) is 12.1. The summed E-state index contributed by atoms with van der Waals surface area (Å²) in [5, 5.41) is 13.4. The van der Waals surface area contributed by atoms with Crippen LogP contribution in [0.15, 0.2) is 35.7 Å². The van der Waals surface area contributed by atoms with Gasteiger partial charge >= 0.3 is 0 Å². The summed E-state index contributed by atoms with van der Waals surface area (Å²) in [7, 11) is 0. The smallest absolute Gasteiger partial charge is 0.255 e. The molecule has 0 aliphatic carbocycles. The molecule has 0 saturated carbocycles. The highest BCUT2D eigenvalue weighted by atomic mass is 35.5. The van der Waals surface area contributed by atoms with Crippen molar-refractivity contribution in [2.24, 2.45) is 0 Å². The number of aliphatic hydroxyl groups excluding tert-OH is 1. The minimum absolute atomic E-state index is 0.0569. The average molecular weight is 344 g/mol. The number of hydrogen-bond acceptors (Lipinski definition) is 4. The van der Waals surface area contributed by atoms with Gasteiger partial charge in [0.05, 0.1) is 23.8 Å². The Morgan fingerprint density at radius 1 is 1.41 bits per heavy atom. The minimum Gasteiger partial charge on any atom is -0.394 e. The lowest BCUT2D eigenvalue weighted by Gasteiger charge is -2.17. The summed E-state index contributed by atoms with van der Waals surface area (Å²) < 4.78 is 19.2. The zero-order valence-electron chi connectivity index (χ0n) is 11.6. The first kappa shape index (κ1) is 16.9. The van der Waals surface area contributed by atoms with Crippen LogP contribution in [0.2, 0.25) is 5.02 Å². The van der Waals surface area contributed by atoms with Gasteiger partial charge in [-0.1, -0.05) is 23.7 Å². The molecule has 1 unspecified atom stereocenters. The third-order valence-electron chi connectivity index (χ3n) is 2.91. The number of nitrogens with one attached hydrogen (secondary N) is 1. The summed E-state index contributed by atoms with van der Waals surface area (Å²) in [6.45, 7) is 0.192. The molecule has 1 amide bonds. The first-order valence-corrected chi connectivity index (χ1v) is 7.87. The van der Waals surface area contributed by atoms with Gasteiger partial charge in [0.15, 0.2) is 0 Å². The van der Waals surface area contributed by atoms with Gasteiger partial charge in [-0.25, -0.2) is 4.39 Å². The van der Waals surface area contributed by atoms with E-state index in [1.807, 2.05) is 17.5 Å². The number of carbonyl (C=O) groups excluding carboxylic acids is 1. The zero-order chi connectivity index (χ0) is 15.9. The second-order valence-electron chi connectivity index (χ2n) is 4.41. The molecule has 0 spiro atoms. The number of thiophene rings is 1. The highest BCUT2D eigenvalue weighted by Gasteiger charge is 2.19. The van der Waals surface area contributed by atoms with Crippen LogP contribution in [0.5, 0.6) is 0 Å². The number of rotatable bonds is 7. The Labute approximate surface area is 136 Å². The van der Waals surface area contributed by atoms with Crippen molar-refractivity contribution >= 4 is 28.8 Å². The SMILES string of the molecule is O=C(NCC(OCCO)c1cccs1)c1c(F)cccc1Cl. The highest BCUT2D eigenvalue weighted by Crippen LogP contribution is 2.23. The van der Waals surface area contributed by atoms with Crippen LogP contribution in [-0.4, -0.2) is 30.8 Å². The van der Waals surface area contributed by atoms with Crippen molar-refractivity contribution in [1.29, 1.82) is 0 Å². The number of carbonyl (C=O) groups is 1. The predicted molar refractivity (Wildman–Crippen MR) is 83.8 cm³/mol. The lowest BCUT2D eigenvalue weighted by Crippen LogP contribution is -2.30. The van der Waals surface area contributed by atoms with Gasteiger partial charge in [-0.2, -0.15) is 0 Å². The molecule has 1 aromatic heterocycles. The van der Waals surface area contributed by atoms with E-state index in [2.05, 4.69) is 5.32 Å². The molecule has 1 heterocycles. The maximum atomic E-state index is 13.7. The maximum Gasteiger partial charge on any atom is 0.255 e. The van der Waals surface area contributed by atoms with Crippen LogP contribution in [-0.2, 0) is 4.74 Å². The molecule has 4 nitrogen and oxygen atoms in total. The molecule has 0 fully saturated rings. The van der Waals surface area contributed by atoms with Crippen molar-refractivity contribution in [3.05, 3.63) is 57.0 Å². The van der Waals surface area contributed by atoms with Gasteiger partial charge in [-0.15, -0.1) is 11.3 Å². The van der Waals surface area contributed by atoms with E-state index in [0.717, 1.165) is 4.88 Å². The second kappa shape index (κ2) is 8.24. The van der Waals surface area contributed by atoms with Crippen molar-refractivity contribution in [3.63, 3.8) is 0 Å². The van der Waals surface area contributed by atoms with Gasteiger partial charge in [0.25, 0.3) is 5.91 Å². The standard InChI is InChI=1S/C15H15ClFNO3S/c16-10-3-1-4-11(17)14(10)15(20)18-9-12(21-7-6-19)13-5-2-8-22-13/h1-5,8,12,19H,6-7,9H2,(H,18,20). The van der Waals surface area contributed by atoms with E-state index in [0.29, 0.717) is 0 Å². The Hall–Kier alpha value is -1.47. The van der Waals surface area contributed by atoms with Crippen LogP contribution >= 0.6 is 22.9 Å². The molecule has 0 aliphatic rings. The molecule has 0 bridgehead atoms. The predicted octanol–water partition coefficient (Wildman–Crippen LogP) is 3.02. The van der Waals surface area contributed by atoms with Crippen LogP contribution in [0.4, 0.5) is 4.39 Å². The van der Waals surface area contributed by atoms with E-state index in [4.69, 9.17) is 21.4 Å². The van der Waals surface area contributed by atoms with E-state index in [1.54, 1.807) is 0 Å². The fourth-order valence-corrected chi connectivity index (χ4v) is 2.92. The zero-order valence-corrected chi connectivity index (χ0v) is 13.2. The maximum absolute atomic E-state index is 13.7. The topological polar surface area (TPSA) is 58.6 Å². The molecular weight excluding hydrogens is 329 g/mol. The number of hydrogen-bond donors (Lipinski definition) is 2. The van der Waals surface area contributed by atoms with E-state index in [1.165, 1.54) is 29.5 Å². The summed E-state index contributed by atoms with van der Waals surface area (Å²) >= 11 is 7.34. The van der Waals surface area contributed by atoms with E-state index >= 15 is 0 Å². The monoisotopic (exact) mass is 343 g/mol. The number of aliphatic hydroxyl groups is 1. The largest absolute Gasteiger partial charge is 0.394 e. The van der Waals surface area contributed by atoms with Crippen LogP contribution < -0.4 is 5.32 Å². The highest BCUT2D eigenvalue weighted by molar-refractivity contribution is 7.10. The Balaban J connectivity index is 2.04. The van der Waals surface area contributed by atoms with Gasteiger partial charge < -0.3 is 15.2 Å². The Bertz CT molecular complexity index is 601. The lowest BCUT2D eigenvalue weighted by molar-refractivity contribution is 0.0295. The molecular formula is C15H15ClFNO3S. The Morgan fingerprint density at radius 2 is 2.23 bits per heavy atom. The molecule has 1 atom stereocenters. The van der Waals surface area contributed by atoms with Crippen molar-refractivity contribution in [1.82, 2.24) is 5.32 Å². The summed E-state index contributed by atoms with van der Waals surface area (Å²) in [5.41, 5.74) is -0.184. The van der Waals surface area contributed by atoms with Gasteiger partial charge in [0.1, 0.15) is 11.9 Å². The fourth-order valence-electron chi connectivity index (χ4n) is 1.90. The molecule has 118 valence electrons. The quantitative estimate of drug-likeness (QED) is 0.812. The van der Waals surface area contributed by atoms with Gasteiger partial charge in [-0.05, 0) is 23.6 Å². The first-order chi connectivity index (χ1) is 10.6. The van der Waals surface area contributed by atoms with E-state index in [9.17, 15) is 9.18 Å². The van der Waals surface area contributed by atoms with Crippen molar-refractivity contribution in [3.8, 4) is 0 Å². The summed E-state index contributed by atoms with van der Waals surface area (Å²) in [5.74, 6) is -1.27. The van der Waals surface area contributed by atoms with E-state index < -0.39 is 17.8 Å². The summed E-state index contributed by atoms with van der Waals surface area (Å²) in [6, 6.07) is 7.81. The molecule has 0 radical (unpaired) electrons. The van der Waals surface area contributed by atoms with Crippen LogP contribution in [0, 0.1) is 5.82 Å². The molecule has 7 heteroatoms. The summed E-state index contributed by atoms with van der Waals surface area (Å²) in [6.07, 6.45) is -0.401. The second-order valence-corrected chi connectivity index (χ2v) is 5.79. The van der Waals surface area contributed by atoms with Gasteiger partial charge in [-0.3, -0.25) is 4.79 Å². The Morgan fingerprint density at radius 3 is 2.86 bits per heavy atom. The van der Waals surface area contributed by atoms with Crippen molar-refractivity contribution in [2.75, 3.05) is 19.8 Å². The van der Waals surface area contributed by atoms with Crippen LogP contribution in [0.3, 0.4) is 0 Å². The number of amides is 1. The van der Waals surface area contributed by atoms with Crippen molar-refractivity contribution < 1.29 is 19.0 Å². The minimum atomic E-state index is -0.672. The van der Waals surface area contributed by atoms with Crippen LogP contribution in [0.25, 0.3) is 0 Å². The molecule has 2 aromatic rings. The number of ether oxygens (including phenoxy) is 1. The number of halogens is 2. The average Bonchev–Trinajstić information content (AvgIpc) is 3.01. The molecule has 0 aliphatic heterocycles. The summed E-state index contributed by atoms with van der Waals surface area (Å²) in [4.78, 5) is 13.0. The third-order valence-corrected chi connectivity index (χ3v) is 4.19. The van der Waals surface area contributed by atoms with Crippen LogP contribution in [0.1, 0.15) is 21.3 Å². The lowest BCUT2D eigenvalue weighted by atomic mass is 10.2. The molecule has 0 saturated heterocycles. The Kier molecular flexibility index (Phi) is 6.33. The third kappa shape index (κ3) is 4.27. The molecule has 1 aromatic carbocycles. The van der Waals surface area contributed by atoms with Gasteiger partial charge in [0, 0.05) is 11.4 Å². The van der Waals surface area contributed by atoms with Crippen molar-refractivity contribution in [2.45, 2.75) is 6.10 Å².